The van der Waals surface area contributed by atoms with Crippen LogP contribution >= 0.6 is 11.6 Å². The summed E-state index contributed by atoms with van der Waals surface area (Å²) in [5, 5.41) is 11.3. The lowest BCUT2D eigenvalue weighted by molar-refractivity contribution is 0.414. The molecule has 10 heteroatoms. The minimum atomic E-state index is -4.18. The molecule has 0 atom stereocenters. The van der Waals surface area contributed by atoms with Gasteiger partial charge in [-0.1, -0.05) is 25.4 Å². The number of sulfonamides is 1. The largest absolute Gasteiger partial charge is 0.506 e. The molecule has 0 fully saturated rings. The van der Waals surface area contributed by atoms with Gasteiger partial charge in [-0.25, -0.2) is 16.8 Å². The van der Waals surface area contributed by atoms with E-state index < -0.39 is 25.6 Å². The van der Waals surface area contributed by atoms with Crippen LogP contribution in [0.1, 0.15) is 30.9 Å². The molecular formula is C23H24ClNO6S2. The van der Waals surface area contributed by atoms with Crippen LogP contribution < -0.4 is 9.46 Å². The van der Waals surface area contributed by atoms with Gasteiger partial charge in [-0.05, 0) is 78.6 Å². The molecule has 33 heavy (non-hydrogen) atoms. The normalized spacial score (nSPS) is 12.1. The van der Waals surface area contributed by atoms with Crippen molar-refractivity contribution in [1.29, 1.82) is 0 Å². The zero-order valence-electron chi connectivity index (χ0n) is 18.5. The Morgan fingerprint density at radius 3 is 2.00 bits per heavy atom. The van der Waals surface area contributed by atoms with Gasteiger partial charge in [0.1, 0.15) is 16.4 Å². The lowest BCUT2D eigenvalue weighted by Crippen LogP contribution is -2.16. The zero-order valence-corrected chi connectivity index (χ0v) is 20.8. The second kappa shape index (κ2) is 9.24. The minimum absolute atomic E-state index is 0.0241. The number of benzene rings is 3. The molecule has 0 saturated carbocycles. The number of phenolic OH excluding ortho intramolecular Hbond substituents is 1. The third kappa shape index (κ3) is 4.95. The molecule has 0 aliphatic rings. The van der Waals surface area contributed by atoms with E-state index in [9.17, 15) is 21.9 Å². The molecular weight excluding hydrogens is 486 g/mol. The standard InChI is InChI=1S/C23H24ClNO6S2/c1-14(2)20-13-21(25-33(29,30)19-11-7-17(31-4)8-12-19)15(3)23(22(20)26)32(27,28)18-9-5-16(24)6-10-18/h5-14,25-26H,1-4H3. The van der Waals surface area contributed by atoms with Crippen LogP contribution in [-0.4, -0.2) is 29.1 Å². The van der Waals surface area contributed by atoms with Crippen LogP contribution in [0.25, 0.3) is 0 Å². The topological polar surface area (TPSA) is 110 Å². The lowest BCUT2D eigenvalue weighted by Gasteiger charge is -2.20. The van der Waals surface area contributed by atoms with E-state index in [-0.39, 0.29) is 31.9 Å². The maximum atomic E-state index is 13.4. The van der Waals surface area contributed by atoms with E-state index in [4.69, 9.17) is 16.3 Å². The molecule has 0 heterocycles. The van der Waals surface area contributed by atoms with Crippen LogP contribution in [0.2, 0.25) is 5.02 Å². The molecule has 0 radical (unpaired) electrons. The summed E-state index contributed by atoms with van der Waals surface area (Å²) >= 11 is 5.88. The average Bonchev–Trinajstić information content (AvgIpc) is 2.75. The number of sulfone groups is 1. The van der Waals surface area contributed by atoms with E-state index in [0.29, 0.717) is 16.3 Å². The zero-order chi connectivity index (χ0) is 24.6. The van der Waals surface area contributed by atoms with Gasteiger partial charge >= 0.3 is 0 Å². The Balaban J connectivity index is 2.19. The summed E-state index contributed by atoms with van der Waals surface area (Å²) in [7, 11) is -6.76. The summed E-state index contributed by atoms with van der Waals surface area (Å²) in [6, 6.07) is 12.8. The van der Waals surface area contributed by atoms with Gasteiger partial charge in [0.2, 0.25) is 9.84 Å². The van der Waals surface area contributed by atoms with E-state index in [1.807, 2.05) is 0 Å². The van der Waals surface area contributed by atoms with Crippen molar-refractivity contribution < 1.29 is 26.7 Å². The van der Waals surface area contributed by atoms with Crippen molar-refractivity contribution in [2.45, 2.75) is 41.4 Å². The molecule has 0 saturated heterocycles. The number of nitrogens with one attached hydrogen (secondary N) is 1. The number of phenols is 1. The van der Waals surface area contributed by atoms with Gasteiger partial charge in [0.15, 0.2) is 0 Å². The third-order valence-electron chi connectivity index (χ3n) is 5.16. The molecule has 3 aromatic carbocycles. The highest BCUT2D eigenvalue weighted by molar-refractivity contribution is 7.93. The molecule has 0 bridgehead atoms. The number of hydrogen-bond acceptors (Lipinski definition) is 6. The van der Waals surface area contributed by atoms with Crippen molar-refractivity contribution in [1.82, 2.24) is 0 Å². The first kappa shape index (κ1) is 24.9. The van der Waals surface area contributed by atoms with Crippen molar-refractivity contribution in [3.63, 3.8) is 0 Å². The number of methoxy groups -OCH3 is 1. The molecule has 3 rings (SSSR count). The second-order valence-electron chi connectivity index (χ2n) is 7.71. The predicted molar refractivity (Wildman–Crippen MR) is 128 cm³/mol. The summed E-state index contributed by atoms with van der Waals surface area (Å²) in [6.45, 7) is 4.98. The Morgan fingerprint density at radius 2 is 1.48 bits per heavy atom. The van der Waals surface area contributed by atoms with Gasteiger partial charge in [-0.15, -0.1) is 0 Å². The van der Waals surface area contributed by atoms with Crippen LogP contribution in [0.5, 0.6) is 11.5 Å². The van der Waals surface area contributed by atoms with Crippen molar-refractivity contribution >= 4 is 37.1 Å². The molecule has 0 aliphatic carbocycles. The summed E-state index contributed by atoms with van der Waals surface area (Å²) in [4.78, 5) is -0.456. The van der Waals surface area contributed by atoms with Crippen molar-refractivity contribution in [3.8, 4) is 11.5 Å². The Hall–Kier alpha value is -2.75. The summed E-state index contributed by atoms with van der Waals surface area (Å²) in [5.41, 5.74) is 0.421. The highest BCUT2D eigenvalue weighted by Crippen LogP contribution is 2.41. The maximum Gasteiger partial charge on any atom is 0.261 e. The molecule has 0 aliphatic heterocycles. The van der Waals surface area contributed by atoms with E-state index in [2.05, 4.69) is 4.72 Å². The van der Waals surface area contributed by atoms with Crippen molar-refractivity contribution in [3.05, 3.63) is 70.7 Å². The van der Waals surface area contributed by atoms with Gasteiger partial charge in [-0.3, -0.25) is 4.72 Å². The quantitative estimate of drug-likeness (QED) is 0.428. The van der Waals surface area contributed by atoms with Crippen molar-refractivity contribution in [2.24, 2.45) is 0 Å². The second-order valence-corrected chi connectivity index (χ2v) is 11.7. The first-order valence-corrected chi connectivity index (χ1v) is 13.3. The summed E-state index contributed by atoms with van der Waals surface area (Å²) in [6.07, 6.45) is 0. The van der Waals surface area contributed by atoms with Gasteiger partial charge in [-0.2, -0.15) is 0 Å². The highest BCUT2D eigenvalue weighted by atomic mass is 35.5. The van der Waals surface area contributed by atoms with E-state index in [1.54, 1.807) is 13.8 Å². The fourth-order valence-electron chi connectivity index (χ4n) is 3.33. The van der Waals surface area contributed by atoms with Gasteiger partial charge in [0.05, 0.1) is 22.6 Å². The first-order chi connectivity index (χ1) is 15.4. The monoisotopic (exact) mass is 509 g/mol. The van der Waals surface area contributed by atoms with Crippen LogP contribution in [0.4, 0.5) is 5.69 Å². The Labute approximate surface area is 199 Å². The van der Waals surface area contributed by atoms with Crippen LogP contribution in [-0.2, 0) is 19.9 Å². The Kier molecular flexibility index (Phi) is 6.97. The van der Waals surface area contributed by atoms with Gasteiger partial charge in [0, 0.05) is 5.02 Å². The maximum absolute atomic E-state index is 13.4. The highest BCUT2D eigenvalue weighted by Gasteiger charge is 2.30. The fraction of sp³-hybridized carbons (Fsp3) is 0.217. The molecule has 0 amide bonds. The number of rotatable bonds is 7. The number of ether oxygens (including phenoxy) is 1. The number of aromatic hydroxyl groups is 1. The minimum Gasteiger partial charge on any atom is -0.506 e. The lowest BCUT2D eigenvalue weighted by atomic mass is 9.99. The van der Waals surface area contributed by atoms with E-state index in [0.717, 1.165) is 0 Å². The number of hydrogen-bond donors (Lipinski definition) is 2. The van der Waals surface area contributed by atoms with Crippen molar-refractivity contribution in [2.75, 3.05) is 11.8 Å². The molecule has 7 nitrogen and oxygen atoms in total. The molecule has 0 unspecified atom stereocenters. The summed E-state index contributed by atoms with van der Waals surface area (Å²) in [5.74, 6) is -0.202. The van der Waals surface area contributed by atoms with Crippen LogP contribution in [0.15, 0.2) is 69.3 Å². The third-order valence-corrected chi connectivity index (χ3v) is 8.72. The molecule has 0 spiro atoms. The van der Waals surface area contributed by atoms with Crippen LogP contribution in [0, 0.1) is 6.92 Å². The van der Waals surface area contributed by atoms with Gasteiger partial charge < -0.3 is 9.84 Å². The Morgan fingerprint density at radius 1 is 0.939 bits per heavy atom. The predicted octanol–water partition coefficient (Wildman–Crippen LogP) is 5.12. The number of anilines is 1. The molecule has 2 N–H and O–H groups in total. The molecule has 176 valence electrons. The van der Waals surface area contributed by atoms with E-state index >= 15 is 0 Å². The fourth-order valence-corrected chi connectivity index (χ4v) is 6.18. The van der Waals surface area contributed by atoms with E-state index in [1.165, 1.54) is 68.6 Å². The van der Waals surface area contributed by atoms with Crippen LogP contribution in [0.3, 0.4) is 0 Å². The molecule has 0 aromatic heterocycles. The summed E-state index contributed by atoms with van der Waals surface area (Å²) < 4.78 is 60.4. The Bertz CT molecular complexity index is 1380. The number of halogens is 1. The SMILES string of the molecule is COc1ccc(S(=O)(=O)Nc2cc(C(C)C)c(O)c(S(=O)(=O)c3ccc(Cl)cc3)c2C)cc1. The smallest absolute Gasteiger partial charge is 0.261 e. The first-order valence-electron chi connectivity index (χ1n) is 9.92. The van der Waals surface area contributed by atoms with Gasteiger partial charge in [0.25, 0.3) is 10.0 Å². The average molecular weight is 510 g/mol. The molecule has 3 aromatic rings.